The van der Waals surface area contributed by atoms with E-state index in [1.807, 2.05) is 22.7 Å². The van der Waals surface area contributed by atoms with Crippen molar-refractivity contribution in [2.75, 3.05) is 19.6 Å². The predicted octanol–water partition coefficient (Wildman–Crippen LogP) is 4.05. The van der Waals surface area contributed by atoms with E-state index >= 15 is 0 Å². The van der Waals surface area contributed by atoms with Crippen molar-refractivity contribution in [1.29, 1.82) is 0 Å². The minimum absolute atomic E-state index is 0.747. The predicted molar refractivity (Wildman–Crippen MR) is 89.6 cm³/mol. The maximum Gasteiger partial charge on any atom is 0.0351 e. The third-order valence-electron chi connectivity index (χ3n) is 4.04. The zero-order valence-corrected chi connectivity index (χ0v) is 13.6. The Hall–Kier alpha value is -0.680. The van der Waals surface area contributed by atoms with Crippen molar-refractivity contribution in [3.05, 3.63) is 33.8 Å². The first kappa shape index (κ1) is 14.3. The molecule has 1 aliphatic heterocycles. The molecule has 1 N–H and O–H groups in total. The van der Waals surface area contributed by atoms with Crippen LogP contribution in [0.2, 0.25) is 0 Å². The molecular weight excluding hydrogens is 284 g/mol. The fraction of sp³-hybridized carbons (Fsp3) is 0.500. The molecule has 2 nitrogen and oxygen atoms in total. The number of likely N-dealkylation sites (tertiary alicyclic amines) is 1. The molecule has 1 fully saturated rings. The van der Waals surface area contributed by atoms with Gasteiger partial charge in [-0.1, -0.05) is 13.0 Å². The van der Waals surface area contributed by atoms with Gasteiger partial charge >= 0.3 is 0 Å². The molecule has 0 amide bonds. The monoisotopic (exact) mass is 306 g/mol. The molecule has 3 heterocycles. The number of thiophene rings is 2. The van der Waals surface area contributed by atoms with Crippen molar-refractivity contribution in [2.24, 2.45) is 0 Å². The molecular formula is C16H22N2S2. The zero-order chi connectivity index (χ0) is 13.8. The van der Waals surface area contributed by atoms with E-state index in [0.29, 0.717) is 0 Å². The van der Waals surface area contributed by atoms with Crippen molar-refractivity contribution in [3.63, 3.8) is 0 Å². The van der Waals surface area contributed by atoms with Crippen LogP contribution in [0.1, 0.15) is 24.6 Å². The average Bonchev–Trinajstić information content (AvgIpc) is 3.20. The van der Waals surface area contributed by atoms with Crippen LogP contribution in [0.5, 0.6) is 0 Å². The lowest BCUT2D eigenvalue weighted by Gasteiger charge is -2.22. The molecule has 0 aliphatic carbocycles. The van der Waals surface area contributed by atoms with Crippen LogP contribution in [0, 0.1) is 0 Å². The molecule has 1 unspecified atom stereocenters. The molecule has 0 radical (unpaired) electrons. The third kappa shape index (κ3) is 3.31. The summed E-state index contributed by atoms with van der Waals surface area (Å²) in [7, 11) is 0. The Labute approximate surface area is 129 Å². The lowest BCUT2D eigenvalue weighted by atomic mass is 10.2. The van der Waals surface area contributed by atoms with Crippen molar-refractivity contribution >= 4 is 22.7 Å². The second-order valence-corrected chi connectivity index (χ2v) is 7.28. The first-order valence-corrected chi connectivity index (χ1v) is 9.19. The topological polar surface area (TPSA) is 15.3 Å². The van der Waals surface area contributed by atoms with Gasteiger partial charge in [0.1, 0.15) is 0 Å². The highest BCUT2D eigenvalue weighted by Crippen LogP contribution is 2.29. The molecule has 0 saturated carbocycles. The van der Waals surface area contributed by atoms with Gasteiger partial charge in [-0.2, -0.15) is 0 Å². The second-order valence-electron chi connectivity index (χ2n) is 5.33. The number of hydrogen-bond acceptors (Lipinski definition) is 4. The van der Waals surface area contributed by atoms with E-state index in [-0.39, 0.29) is 0 Å². The van der Waals surface area contributed by atoms with Crippen molar-refractivity contribution in [3.8, 4) is 10.4 Å². The normalized spacial score (nSPS) is 19.8. The summed E-state index contributed by atoms with van der Waals surface area (Å²) in [4.78, 5) is 5.41. The number of nitrogens with zero attached hydrogens (tertiary/aromatic N) is 1. The lowest BCUT2D eigenvalue weighted by Crippen LogP contribution is -2.37. The molecule has 1 saturated heterocycles. The minimum Gasteiger partial charge on any atom is -0.310 e. The van der Waals surface area contributed by atoms with E-state index < -0.39 is 0 Å². The van der Waals surface area contributed by atoms with Gasteiger partial charge in [-0.3, -0.25) is 4.90 Å². The average molecular weight is 306 g/mol. The summed E-state index contributed by atoms with van der Waals surface area (Å²) in [5, 5.41) is 8.06. The van der Waals surface area contributed by atoms with E-state index in [9.17, 15) is 0 Å². The number of likely N-dealkylation sites (N-methyl/N-ethyl adjacent to an activating group) is 1. The zero-order valence-electron chi connectivity index (χ0n) is 12.0. The van der Waals surface area contributed by atoms with Gasteiger partial charge in [0.2, 0.25) is 0 Å². The standard InChI is InChI=1S/C16H22N2S2/c1-2-18-7-3-5-14(18)10-17-11-15-9-13(12-20-15)16-6-4-8-19-16/h4,6,8-9,12,14,17H,2-3,5,7,10-11H2,1H3. The van der Waals surface area contributed by atoms with Crippen LogP contribution >= 0.6 is 22.7 Å². The molecule has 3 rings (SSSR count). The smallest absolute Gasteiger partial charge is 0.0351 e. The summed E-state index contributed by atoms with van der Waals surface area (Å²) in [6, 6.07) is 7.39. The summed E-state index contributed by atoms with van der Waals surface area (Å²) in [6.45, 7) is 6.87. The summed E-state index contributed by atoms with van der Waals surface area (Å²) in [5.74, 6) is 0. The van der Waals surface area contributed by atoms with Crippen LogP contribution in [-0.4, -0.2) is 30.6 Å². The van der Waals surface area contributed by atoms with Crippen LogP contribution in [0.3, 0.4) is 0 Å². The number of nitrogens with one attached hydrogen (secondary N) is 1. The molecule has 2 aromatic heterocycles. The Morgan fingerprint density at radius 3 is 3.15 bits per heavy atom. The number of rotatable bonds is 6. The molecule has 0 aromatic carbocycles. The van der Waals surface area contributed by atoms with Gasteiger partial charge in [0.05, 0.1) is 0 Å². The van der Waals surface area contributed by atoms with E-state index in [2.05, 4.69) is 46.1 Å². The van der Waals surface area contributed by atoms with Crippen LogP contribution in [0.25, 0.3) is 10.4 Å². The van der Waals surface area contributed by atoms with E-state index in [0.717, 1.165) is 19.1 Å². The van der Waals surface area contributed by atoms with E-state index in [4.69, 9.17) is 0 Å². The van der Waals surface area contributed by atoms with Crippen LogP contribution in [-0.2, 0) is 6.54 Å². The Morgan fingerprint density at radius 1 is 1.40 bits per heavy atom. The van der Waals surface area contributed by atoms with Crippen molar-refractivity contribution in [1.82, 2.24) is 10.2 Å². The molecule has 108 valence electrons. The molecule has 1 aliphatic rings. The van der Waals surface area contributed by atoms with E-state index in [1.54, 1.807) is 0 Å². The van der Waals surface area contributed by atoms with Gasteiger partial charge in [-0.05, 0) is 48.8 Å². The molecule has 4 heteroatoms. The van der Waals surface area contributed by atoms with Gasteiger partial charge in [-0.15, -0.1) is 22.7 Å². The quantitative estimate of drug-likeness (QED) is 0.866. The van der Waals surface area contributed by atoms with Crippen molar-refractivity contribution in [2.45, 2.75) is 32.4 Å². The Kier molecular flexibility index (Phi) is 4.89. The summed E-state index contributed by atoms with van der Waals surface area (Å²) in [5.41, 5.74) is 1.37. The molecule has 2 aromatic rings. The Morgan fingerprint density at radius 2 is 2.35 bits per heavy atom. The summed E-state index contributed by atoms with van der Waals surface area (Å²) < 4.78 is 0. The minimum atomic E-state index is 0.747. The highest BCUT2D eigenvalue weighted by molar-refractivity contribution is 7.14. The maximum atomic E-state index is 3.64. The van der Waals surface area contributed by atoms with Gasteiger partial charge < -0.3 is 5.32 Å². The highest BCUT2D eigenvalue weighted by atomic mass is 32.1. The summed E-state index contributed by atoms with van der Waals surface area (Å²) in [6.07, 6.45) is 2.72. The van der Waals surface area contributed by atoms with Gasteiger partial charge in [0.15, 0.2) is 0 Å². The SMILES string of the molecule is CCN1CCCC1CNCc1cc(-c2cccs2)cs1. The lowest BCUT2D eigenvalue weighted by molar-refractivity contribution is 0.260. The second kappa shape index (κ2) is 6.85. The van der Waals surface area contributed by atoms with Crippen LogP contribution in [0.15, 0.2) is 29.0 Å². The summed E-state index contributed by atoms with van der Waals surface area (Å²) >= 11 is 3.68. The molecule has 0 bridgehead atoms. The molecule has 20 heavy (non-hydrogen) atoms. The third-order valence-corrected chi connectivity index (χ3v) is 5.90. The fourth-order valence-corrected chi connectivity index (χ4v) is 4.59. The maximum absolute atomic E-state index is 3.64. The fourth-order valence-electron chi connectivity index (χ4n) is 2.95. The number of hydrogen-bond donors (Lipinski definition) is 1. The molecule has 1 atom stereocenters. The Bertz CT molecular complexity index is 518. The van der Waals surface area contributed by atoms with E-state index in [1.165, 1.54) is 41.2 Å². The van der Waals surface area contributed by atoms with Crippen molar-refractivity contribution < 1.29 is 0 Å². The first-order chi connectivity index (χ1) is 9.86. The molecule has 0 spiro atoms. The van der Waals surface area contributed by atoms with Gasteiger partial charge in [0, 0.05) is 34.4 Å². The Balaban J connectivity index is 1.49. The highest BCUT2D eigenvalue weighted by Gasteiger charge is 2.22. The first-order valence-electron chi connectivity index (χ1n) is 7.43. The van der Waals surface area contributed by atoms with Gasteiger partial charge in [0.25, 0.3) is 0 Å². The van der Waals surface area contributed by atoms with Crippen LogP contribution in [0.4, 0.5) is 0 Å². The van der Waals surface area contributed by atoms with Gasteiger partial charge in [-0.25, -0.2) is 0 Å². The largest absolute Gasteiger partial charge is 0.310 e. The van der Waals surface area contributed by atoms with Crippen LogP contribution < -0.4 is 5.32 Å².